The van der Waals surface area contributed by atoms with Crippen molar-refractivity contribution in [2.24, 2.45) is 0 Å². The van der Waals surface area contributed by atoms with E-state index in [0.29, 0.717) is 12.8 Å². The Morgan fingerprint density at radius 3 is 1.24 bits per heavy atom. The van der Waals surface area contributed by atoms with E-state index in [1.54, 1.807) is 14.2 Å². The molecule has 0 aliphatic heterocycles. The number of carbonyl (C=O) groups excluding carboxylic acids is 2. The van der Waals surface area contributed by atoms with Gasteiger partial charge in [0.05, 0.1) is 14.2 Å². The second kappa shape index (κ2) is 27.1. The van der Waals surface area contributed by atoms with Gasteiger partial charge >= 0.3 is 11.9 Å². The molecule has 4 aromatic carbocycles. The highest BCUT2D eigenvalue weighted by molar-refractivity contribution is 6.27. The van der Waals surface area contributed by atoms with Crippen molar-refractivity contribution in [2.75, 3.05) is 51.0 Å². The van der Waals surface area contributed by atoms with Crippen molar-refractivity contribution in [3.8, 4) is 11.5 Å². The molecule has 0 saturated heterocycles. The topological polar surface area (TPSA) is 158 Å². The van der Waals surface area contributed by atoms with E-state index in [1.165, 1.54) is 11.1 Å². The van der Waals surface area contributed by atoms with Gasteiger partial charge in [-0.05, 0) is 106 Å². The molecule has 59 heavy (non-hydrogen) atoms. The molecule has 0 saturated carbocycles. The summed E-state index contributed by atoms with van der Waals surface area (Å²) in [6.07, 6.45) is 7.71. The smallest absolute Gasteiger partial charge is 0.414 e. The Bertz CT molecular complexity index is 1730. The first kappa shape index (κ1) is 47.7. The van der Waals surface area contributed by atoms with Crippen LogP contribution in [0.2, 0.25) is 0 Å². The minimum Gasteiger partial charge on any atom is -0.496 e. The van der Waals surface area contributed by atoms with Crippen LogP contribution in [-0.4, -0.2) is 84.2 Å². The summed E-state index contributed by atoms with van der Waals surface area (Å²) in [6, 6.07) is 32.5. The molecule has 2 amide bonds. The molecule has 0 heterocycles. The molecule has 0 spiro atoms. The average Bonchev–Trinajstić information content (AvgIpc) is 3.24. The molecule has 0 aliphatic rings. The number of nitrogens with zero attached hydrogens (tertiary/aromatic N) is 2. The number of hydrogen-bond donors (Lipinski definition) is 4. The molecule has 0 aromatic heterocycles. The minimum absolute atomic E-state index is 0.0557. The van der Waals surface area contributed by atoms with Crippen molar-refractivity contribution < 1.29 is 38.9 Å². The molecular formula is C47H62N4O8. The molecule has 0 unspecified atom stereocenters. The molecule has 4 aromatic rings. The van der Waals surface area contributed by atoms with Crippen LogP contribution >= 0.6 is 0 Å². The van der Waals surface area contributed by atoms with E-state index in [0.717, 1.165) is 118 Å². The summed E-state index contributed by atoms with van der Waals surface area (Å²) in [6.45, 7) is 10.1. The third-order valence-electron chi connectivity index (χ3n) is 9.89. The molecule has 12 nitrogen and oxygen atoms in total. The maximum Gasteiger partial charge on any atom is 0.414 e. The van der Waals surface area contributed by atoms with Crippen LogP contribution in [0.5, 0.6) is 11.5 Å². The summed E-state index contributed by atoms with van der Waals surface area (Å²) in [5.74, 6) is -1.67. The van der Waals surface area contributed by atoms with Crippen LogP contribution in [0.1, 0.15) is 87.5 Å². The quantitative estimate of drug-likeness (QED) is 0.0400. The number of unbranched alkanes of at least 4 members (excludes halogenated alkanes) is 4. The molecule has 4 N–H and O–H groups in total. The van der Waals surface area contributed by atoms with Crippen molar-refractivity contribution in [3.63, 3.8) is 0 Å². The first-order chi connectivity index (χ1) is 28.5. The Kier molecular flexibility index (Phi) is 21.9. The van der Waals surface area contributed by atoms with E-state index >= 15 is 0 Å². The Hall–Kier alpha value is -5.72. The van der Waals surface area contributed by atoms with E-state index in [2.05, 4.69) is 82.8 Å². The van der Waals surface area contributed by atoms with E-state index < -0.39 is 11.9 Å². The average molecular weight is 811 g/mol. The molecule has 0 atom stereocenters. The molecule has 0 radical (unpaired) electrons. The summed E-state index contributed by atoms with van der Waals surface area (Å²) in [5.41, 5.74) is 6.38. The number of benzene rings is 4. The van der Waals surface area contributed by atoms with E-state index in [4.69, 9.17) is 29.3 Å². The number of ether oxygens (including phenoxy) is 2. The molecule has 4 rings (SSSR count). The summed E-state index contributed by atoms with van der Waals surface area (Å²) >= 11 is 0. The SMILES string of the molecule is CCN(CCCCCC(=O)Nc1ccc(Cc2ccc(NC(=O)CCCCCN(CC)Cc3ccccc3OC)cc2)cc1)Cc1ccccc1OC.O=C(O)C(=O)O. The highest BCUT2D eigenvalue weighted by atomic mass is 16.5. The van der Waals surface area contributed by atoms with Crippen molar-refractivity contribution in [1.82, 2.24) is 9.80 Å². The number of carboxylic acids is 2. The normalized spacial score (nSPS) is 10.7. The number of rotatable bonds is 24. The molecule has 0 fully saturated rings. The Morgan fingerprint density at radius 2 is 0.898 bits per heavy atom. The minimum atomic E-state index is -1.82. The zero-order valence-corrected chi connectivity index (χ0v) is 35.1. The lowest BCUT2D eigenvalue weighted by Gasteiger charge is -2.21. The summed E-state index contributed by atoms with van der Waals surface area (Å²) in [7, 11) is 3.44. The number of hydrogen-bond acceptors (Lipinski definition) is 8. The van der Waals surface area contributed by atoms with Crippen molar-refractivity contribution in [1.29, 1.82) is 0 Å². The van der Waals surface area contributed by atoms with Crippen molar-refractivity contribution in [2.45, 2.75) is 84.7 Å². The fourth-order valence-electron chi connectivity index (χ4n) is 6.54. The van der Waals surface area contributed by atoms with Gasteiger partial charge in [0, 0.05) is 48.4 Å². The number of amides is 2. The van der Waals surface area contributed by atoms with Crippen LogP contribution < -0.4 is 20.1 Å². The van der Waals surface area contributed by atoms with Gasteiger partial charge in [-0.1, -0.05) is 87.4 Å². The number of aliphatic carboxylic acids is 2. The lowest BCUT2D eigenvalue weighted by atomic mass is 10.0. The second-order valence-electron chi connectivity index (χ2n) is 14.3. The van der Waals surface area contributed by atoms with Gasteiger partial charge < -0.3 is 30.3 Å². The van der Waals surface area contributed by atoms with Crippen molar-refractivity contribution >= 4 is 35.1 Å². The third kappa shape index (κ3) is 18.6. The number of para-hydroxylation sites is 2. The Balaban J connectivity index is 0.00000144. The maximum atomic E-state index is 12.6. The van der Waals surface area contributed by atoms with Crippen LogP contribution in [0.15, 0.2) is 97.1 Å². The predicted molar refractivity (Wildman–Crippen MR) is 233 cm³/mol. The van der Waals surface area contributed by atoms with Crippen LogP contribution in [0.3, 0.4) is 0 Å². The van der Waals surface area contributed by atoms with Crippen LogP contribution in [0.4, 0.5) is 11.4 Å². The van der Waals surface area contributed by atoms with Gasteiger partial charge in [-0.15, -0.1) is 0 Å². The number of anilines is 2. The second-order valence-corrected chi connectivity index (χ2v) is 14.3. The van der Waals surface area contributed by atoms with Crippen LogP contribution in [0.25, 0.3) is 0 Å². The van der Waals surface area contributed by atoms with E-state index in [1.807, 2.05) is 48.5 Å². The monoisotopic (exact) mass is 810 g/mol. The van der Waals surface area contributed by atoms with Gasteiger partial charge in [-0.25, -0.2) is 9.59 Å². The number of carbonyl (C=O) groups is 4. The van der Waals surface area contributed by atoms with Crippen LogP contribution in [0, 0.1) is 0 Å². The summed E-state index contributed by atoms with van der Waals surface area (Å²) in [4.78, 5) is 48.2. The highest BCUT2D eigenvalue weighted by Crippen LogP contribution is 2.22. The van der Waals surface area contributed by atoms with Crippen molar-refractivity contribution in [3.05, 3.63) is 119 Å². The molecule has 0 aliphatic carbocycles. The highest BCUT2D eigenvalue weighted by Gasteiger charge is 2.11. The zero-order valence-electron chi connectivity index (χ0n) is 35.1. The lowest BCUT2D eigenvalue weighted by Crippen LogP contribution is -2.24. The van der Waals surface area contributed by atoms with Gasteiger partial charge in [0.15, 0.2) is 0 Å². The fourth-order valence-corrected chi connectivity index (χ4v) is 6.54. The zero-order chi connectivity index (χ0) is 42.8. The summed E-state index contributed by atoms with van der Waals surface area (Å²) in [5, 5.41) is 20.9. The number of nitrogens with one attached hydrogen (secondary N) is 2. The van der Waals surface area contributed by atoms with Gasteiger partial charge in [0.1, 0.15) is 11.5 Å². The molecule has 0 bridgehead atoms. The van der Waals surface area contributed by atoms with E-state index in [-0.39, 0.29) is 11.8 Å². The Labute approximate surface area is 349 Å². The van der Waals surface area contributed by atoms with Gasteiger partial charge in [0.25, 0.3) is 0 Å². The third-order valence-corrected chi connectivity index (χ3v) is 9.89. The Morgan fingerprint density at radius 1 is 0.525 bits per heavy atom. The van der Waals surface area contributed by atoms with Gasteiger partial charge in [-0.3, -0.25) is 19.4 Å². The summed E-state index contributed by atoms with van der Waals surface area (Å²) < 4.78 is 11.0. The molecule has 12 heteroatoms. The van der Waals surface area contributed by atoms with E-state index in [9.17, 15) is 9.59 Å². The maximum absolute atomic E-state index is 12.6. The first-order valence-corrected chi connectivity index (χ1v) is 20.5. The number of methoxy groups -OCH3 is 2. The standard InChI is InChI=1S/C45H60N4O4.C2H2O4/c1-5-48(34-38-17-11-13-19-42(38)52-3)31-15-7-9-21-44(50)46-40-27-23-36(24-28-40)33-37-25-29-41(30-26-37)47-45(51)22-10-8-16-32-49(6-2)35-39-18-12-14-20-43(39)53-4;3-1(4)2(5)6/h11-14,17-20,23-30H,5-10,15-16,21-22,31-35H2,1-4H3,(H,46,50)(H,47,51);(H,3,4)(H,5,6). The molecule has 318 valence electrons. The molecular weight excluding hydrogens is 749 g/mol. The first-order valence-electron chi connectivity index (χ1n) is 20.5. The van der Waals surface area contributed by atoms with Gasteiger partial charge in [-0.2, -0.15) is 0 Å². The van der Waals surface area contributed by atoms with Crippen LogP contribution in [-0.2, 0) is 38.7 Å². The fraction of sp³-hybridized carbons (Fsp3) is 0.404. The van der Waals surface area contributed by atoms with Gasteiger partial charge in [0.2, 0.25) is 11.8 Å². The predicted octanol–water partition coefficient (Wildman–Crippen LogP) is 8.49. The number of carboxylic acid groups (broad SMARTS) is 2. The largest absolute Gasteiger partial charge is 0.496 e. The lowest BCUT2D eigenvalue weighted by molar-refractivity contribution is -0.159.